The van der Waals surface area contributed by atoms with Gasteiger partial charge in [-0.25, -0.2) is 4.39 Å². The zero-order chi connectivity index (χ0) is 26.5. The predicted molar refractivity (Wildman–Crippen MR) is 128 cm³/mol. The number of hydrogen-bond acceptors (Lipinski definition) is 5. The molecule has 196 valence electrons. The number of carbonyl (C=O) groups is 1. The lowest BCUT2D eigenvalue weighted by Crippen LogP contribution is -2.50. The maximum absolute atomic E-state index is 15.8. The Labute approximate surface area is 211 Å². The smallest absolute Gasteiger partial charge is 0.379 e. The third-order valence-corrected chi connectivity index (χ3v) is 7.03. The summed E-state index contributed by atoms with van der Waals surface area (Å²) in [5.74, 6) is -0.372. The van der Waals surface area contributed by atoms with Gasteiger partial charge in [-0.2, -0.15) is 13.2 Å². The van der Waals surface area contributed by atoms with Crippen LogP contribution in [0, 0.1) is 0 Å². The summed E-state index contributed by atoms with van der Waals surface area (Å²) in [6.45, 7) is 3.97. The van der Waals surface area contributed by atoms with Crippen molar-refractivity contribution in [3.63, 3.8) is 0 Å². The molecule has 0 spiro atoms. The number of halogens is 4. The number of nitrogens with zero attached hydrogens (tertiary/aromatic N) is 4. The van der Waals surface area contributed by atoms with Crippen molar-refractivity contribution in [1.82, 2.24) is 20.1 Å². The van der Waals surface area contributed by atoms with Gasteiger partial charge in [0.2, 0.25) is 0 Å². The number of rotatable bonds is 7. The van der Waals surface area contributed by atoms with Crippen molar-refractivity contribution in [2.24, 2.45) is 7.05 Å². The van der Waals surface area contributed by atoms with Gasteiger partial charge in [0.25, 0.3) is 5.91 Å². The molecule has 1 atom stereocenters. The number of aromatic nitrogens is 3. The van der Waals surface area contributed by atoms with Gasteiger partial charge in [0.1, 0.15) is 6.33 Å². The van der Waals surface area contributed by atoms with Crippen molar-refractivity contribution in [2.75, 3.05) is 18.1 Å². The van der Waals surface area contributed by atoms with Crippen molar-refractivity contribution in [2.45, 2.75) is 50.7 Å². The third kappa shape index (κ3) is 4.40. The number of aryl methyl sites for hydroxylation is 1. The van der Waals surface area contributed by atoms with Gasteiger partial charge >= 0.3 is 6.18 Å². The van der Waals surface area contributed by atoms with E-state index < -0.39 is 29.2 Å². The Morgan fingerprint density at radius 3 is 2.54 bits per heavy atom. The molecule has 2 aliphatic rings. The topological polar surface area (TPSA) is 72.3 Å². The summed E-state index contributed by atoms with van der Waals surface area (Å²) in [4.78, 5) is 14.7. The summed E-state index contributed by atoms with van der Waals surface area (Å²) in [6, 6.07) is 9.41. The number of nitrogens with one attached hydrogen (secondary N) is 1. The van der Waals surface area contributed by atoms with Crippen LogP contribution in [0.25, 0.3) is 0 Å². The van der Waals surface area contributed by atoms with Crippen LogP contribution in [0.4, 0.5) is 23.2 Å². The maximum Gasteiger partial charge on any atom is 0.416 e. The first-order chi connectivity index (χ1) is 17.5. The first kappa shape index (κ1) is 25.3. The molecule has 2 aliphatic heterocycles. The van der Waals surface area contributed by atoms with Crippen LogP contribution >= 0.6 is 0 Å². The summed E-state index contributed by atoms with van der Waals surface area (Å²) in [5.41, 5.74) is -0.520. The van der Waals surface area contributed by atoms with Gasteiger partial charge in [-0.15, -0.1) is 10.2 Å². The second kappa shape index (κ2) is 9.21. The van der Waals surface area contributed by atoms with Crippen LogP contribution in [0.15, 0.2) is 42.7 Å². The van der Waals surface area contributed by atoms with Crippen molar-refractivity contribution in [1.29, 1.82) is 0 Å². The molecule has 2 aromatic carbocycles. The zero-order valence-corrected chi connectivity index (χ0v) is 20.6. The fourth-order valence-electron chi connectivity index (χ4n) is 4.89. The standard InChI is InChI=1S/C26H27F4N5O2/c1-15(2)31-10-16-7-19-20(21(8-16)26(28,29)30)11-35(24(19)36)18-6-4-5-17(9-18)25(12-37-13-25)22(27)23-33-32-14-34(23)3/h4-9,14-15,22,31H,10-13H2,1-3H3/t22-/m0/s1. The molecule has 0 bridgehead atoms. The highest BCUT2D eigenvalue weighted by atomic mass is 19.4. The number of hydrogen-bond donors (Lipinski definition) is 1. The van der Waals surface area contributed by atoms with E-state index in [1.807, 2.05) is 13.8 Å². The Balaban J connectivity index is 1.50. The quantitative estimate of drug-likeness (QED) is 0.469. The van der Waals surface area contributed by atoms with Gasteiger partial charge in [-0.05, 0) is 41.0 Å². The number of ether oxygens (including phenoxy) is 1. The summed E-state index contributed by atoms with van der Waals surface area (Å²) >= 11 is 0. The zero-order valence-electron chi connectivity index (χ0n) is 20.6. The molecular formula is C26H27F4N5O2. The van der Waals surface area contributed by atoms with Crippen LogP contribution in [0.2, 0.25) is 0 Å². The molecule has 1 fully saturated rings. The van der Waals surface area contributed by atoms with E-state index in [0.29, 0.717) is 16.8 Å². The van der Waals surface area contributed by atoms with Crippen LogP contribution in [-0.4, -0.2) is 39.9 Å². The summed E-state index contributed by atoms with van der Waals surface area (Å²) in [6.07, 6.45) is -4.72. The highest BCUT2D eigenvalue weighted by Crippen LogP contribution is 2.46. The van der Waals surface area contributed by atoms with Gasteiger partial charge in [-0.3, -0.25) is 4.79 Å². The lowest BCUT2D eigenvalue weighted by Gasteiger charge is -2.43. The number of carbonyl (C=O) groups excluding carboxylic acids is 1. The minimum atomic E-state index is -4.61. The van der Waals surface area contributed by atoms with E-state index in [4.69, 9.17) is 4.74 Å². The first-order valence-corrected chi connectivity index (χ1v) is 12.0. The maximum atomic E-state index is 15.8. The average Bonchev–Trinajstić information content (AvgIpc) is 3.39. The molecule has 3 aromatic rings. The molecule has 7 nitrogen and oxygen atoms in total. The first-order valence-electron chi connectivity index (χ1n) is 12.0. The van der Waals surface area contributed by atoms with Crippen LogP contribution in [0.1, 0.15) is 58.5 Å². The molecular weight excluding hydrogens is 490 g/mol. The Kier molecular flexibility index (Phi) is 6.31. The van der Waals surface area contributed by atoms with Gasteiger partial charge in [0, 0.05) is 30.9 Å². The van der Waals surface area contributed by atoms with E-state index in [9.17, 15) is 18.0 Å². The van der Waals surface area contributed by atoms with E-state index >= 15 is 4.39 Å². The molecule has 0 unspecified atom stereocenters. The Morgan fingerprint density at radius 2 is 1.95 bits per heavy atom. The Morgan fingerprint density at radius 1 is 1.19 bits per heavy atom. The monoisotopic (exact) mass is 517 g/mol. The van der Waals surface area contributed by atoms with Crippen LogP contribution in [0.3, 0.4) is 0 Å². The fraction of sp³-hybridized carbons (Fsp3) is 0.423. The van der Waals surface area contributed by atoms with Crippen molar-refractivity contribution < 1.29 is 27.1 Å². The SMILES string of the molecule is CC(C)NCc1cc2c(c(C(F)(F)F)c1)CN(c1cccc(C3([C@@H](F)c4nncn4C)COC3)c1)C2=O. The Hall–Kier alpha value is -3.31. The fourth-order valence-corrected chi connectivity index (χ4v) is 4.89. The second-order valence-corrected chi connectivity index (χ2v) is 9.96. The van der Waals surface area contributed by atoms with Gasteiger partial charge in [-0.1, -0.05) is 26.0 Å². The van der Waals surface area contributed by atoms with Crippen LogP contribution < -0.4 is 10.2 Å². The largest absolute Gasteiger partial charge is 0.416 e. The Bertz CT molecular complexity index is 1330. The average molecular weight is 518 g/mol. The third-order valence-electron chi connectivity index (χ3n) is 7.03. The molecule has 1 N–H and O–H groups in total. The van der Waals surface area contributed by atoms with E-state index in [1.165, 1.54) is 21.9 Å². The summed E-state index contributed by atoms with van der Waals surface area (Å²) in [5, 5.41) is 10.8. The summed E-state index contributed by atoms with van der Waals surface area (Å²) in [7, 11) is 1.65. The number of amides is 1. The summed E-state index contributed by atoms with van der Waals surface area (Å²) < 4.78 is 64.6. The minimum absolute atomic E-state index is 0.0323. The predicted octanol–water partition coefficient (Wildman–Crippen LogP) is 4.47. The highest BCUT2D eigenvalue weighted by molar-refractivity contribution is 6.10. The number of fused-ring (bicyclic) bond motifs is 1. The molecule has 0 radical (unpaired) electrons. The molecule has 37 heavy (non-hydrogen) atoms. The van der Waals surface area contributed by atoms with Crippen molar-refractivity contribution in [3.05, 3.63) is 76.4 Å². The molecule has 1 aromatic heterocycles. The number of benzene rings is 2. The lowest BCUT2D eigenvalue weighted by atomic mass is 9.74. The van der Waals surface area contributed by atoms with E-state index in [0.717, 1.165) is 6.07 Å². The highest BCUT2D eigenvalue weighted by Gasteiger charge is 2.51. The van der Waals surface area contributed by atoms with Crippen molar-refractivity contribution in [3.8, 4) is 0 Å². The minimum Gasteiger partial charge on any atom is -0.379 e. The van der Waals surface area contributed by atoms with Gasteiger partial charge < -0.3 is 19.5 Å². The number of anilines is 1. The second-order valence-electron chi connectivity index (χ2n) is 9.96. The molecule has 3 heterocycles. The normalized spacial score (nSPS) is 17.7. The molecule has 0 saturated carbocycles. The van der Waals surface area contributed by atoms with Gasteiger partial charge in [0.05, 0.1) is 30.7 Å². The van der Waals surface area contributed by atoms with Crippen LogP contribution in [0.5, 0.6) is 0 Å². The molecule has 5 rings (SSSR count). The van der Waals surface area contributed by atoms with E-state index in [2.05, 4.69) is 15.5 Å². The molecule has 11 heteroatoms. The molecule has 1 saturated heterocycles. The molecule has 0 aliphatic carbocycles. The van der Waals surface area contributed by atoms with Crippen LogP contribution in [-0.2, 0) is 36.5 Å². The molecule has 1 amide bonds. The van der Waals surface area contributed by atoms with E-state index in [-0.39, 0.29) is 49.3 Å². The lowest BCUT2D eigenvalue weighted by molar-refractivity contribution is -0.138. The van der Waals surface area contributed by atoms with Crippen molar-refractivity contribution >= 4 is 11.6 Å². The van der Waals surface area contributed by atoms with Gasteiger partial charge in [0.15, 0.2) is 12.0 Å². The van der Waals surface area contributed by atoms with E-state index in [1.54, 1.807) is 31.3 Å². The number of alkyl halides is 4.